The Balaban J connectivity index is 1.42. The van der Waals surface area contributed by atoms with Gasteiger partial charge in [0.2, 0.25) is 11.1 Å². The van der Waals surface area contributed by atoms with Gasteiger partial charge in [0.15, 0.2) is 0 Å². The molecule has 3 N–H and O–H groups in total. The molecule has 0 bridgehead atoms. The van der Waals surface area contributed by atoms with E-state index in [9.17, 15) is 4.79 Å². The van der Waals surface area contributed by atoms with E-state index in [4.69, 9.17) is 9.41 Å². The zero-order chi connectivity index (χ0) is 19.8. The van der Waals surface area contributed by atoms with Gasteiger partial charge in [-0.1, -0.05) is 30.3 Å². The van der Waals surface area contributed by atoms with Crippen LogP contribution in [0.25, 0.3) is 6.08 Å². The van der Waals surface area contributed by atoms with Crippen molar-refractivity contribution in [1.82, 2.24) is 20.5 Å². The molecule has 0 atom stereocenters. The average Bonchev–Trinajstić information content (AvgIpc) is 3.42. The topological polar surface area (TPSA) is 117 Å². The fraction of sp³-hybridized carbons (Fsp3) is 0.421. The van der Waals surface area contributed by atoms with Crippen LogP contribution >= 0.6 is 11.3 Å². The molecule has 9 nitrogen and oxygen atoms in total. The highest BCUT2D eigenvalue weighted by Crippen LogP contribution is 2.42. The number of anilines is 2. The lowest BCUT2D eigenvalue weighted by Gasteiger charge is -2.33. The number of nitrogens with one attached hydrogen (secondary N) is 3. The number of aryl methyl sites for hydroxylation is 1. The predicted octanol–water partition coefficient (Wildman–Crippen LogP) is 3.08. The Labute approximate surface area is 171 Å². The highest BCUT2D eigenvalue weighted by Gasteiger charge is 2.44. The van der Waals surface area contributed by atoms with Gasteiger partial charge in [-0.3, -0.25) is 15.4 Å². The van der Waals surface area contributed by atoms with Gasteiger partial charge in [-0.15, -0.1) is 10.2 Å². The standard InChI is InChI=1S/C19H21N7O2S/c1-11-14(15(27)23-18-26-20-10-29-18)19(8-4-5-9-19)25-16(21-11)24-17-22-12-6-2-3-7-13(12)28-17/h2,6,10H,3-5,7-9H2,1H3,(H,23,26,27)(H2,21,22,24,25). The van der Waals surface area contributed by atoms with Crippen molar-refractivity contribution in [3.8, 4) is 0 Å². The molecule has 1 aliphatic heterocycles. The maximum Gasteiger partial charge on any atom is 0.302 e. The van der Waals surface area contributed by atoms with E-state index < -0.39 is 5.54 Å². The quantitative estimate of drug-likeness (QED) is 0.710. The molecule has 2 aromatic rings. The fourth-order valence-corrected chi connectivity index (χ4v) is 4.71. The van der Waals surface area contributed by atoms with Crippen molar-refractivity contribution in [2.24, 2.45) is 4.99 Å². The van der Waals surface area contributed by atoms with Crippen LogP contribution in [0.5, 0.6) is 0 Å². The van der Waals surface area contributed by atoms with E-state index in [1.54, 1.807) is 5.51 Å². The summed E-state index contributed by atoms with van der Waals surface area (Å²) in [5.74, 6) is 1.25. The van der Waals surface area contributed by atoms with Crippen LogP contribution in [0.2, 0.25) is 0 Å². The van der Waals surface area contributed by atoms with Gasteiger partial charge in [-0.2, -0.15) is 4.98 Å². The largest absolute Gasteiger partial charge is 0.428 e. The number of aliphatic imine (C=N–C) groups is 1. The Morgan fingerprint density at radius 2 is 2.21 bits per heavy atom. The number of rotatable bonds is 3. The molecule has 1 fully saturated rings. The molecule has 10 heteroatoms. The molecule has 5 rings (SSSR count). The van der Waals surface area contributed by atoms with Crippen LogP contribution in [0, 0.1) is 0 Å². The van der Waals surface area contributed by atoms with Crippen LogP contribution in [0.3, 0.4) is 0 Å². The minimum atomic E-state index is -0.557. The highest BCUT2D eigenvalue weighted by atomic mass is 32.1. The molecule has 1 spiro atoms. The van der Waals surface area contributed by atoms with Gasteiger partial charge < -0.3 is 9.73 Å². The molecule has 1 amide bonds. The summed E-state index contributed by atoms with van der Waals surface area (Å²) in [5.41, 5.74) is 3.31. The van der Waals surface area contributed by atoms with Crippen LogP contribution in [0.1, 0.15) is 50.5 Å². The third-order valence-electron chi connectivity index (χ3n) is 5.48. The molecule has 150 valence electrons. The minimum Gasteiger partial charge on any atom is -0.428 e. The fourth-order valence-electron chi connectivity index (χ4n) is 4.27. The van der Waals surface area contributed by atoms with E-state index in [1.165, 1.54) is 11.3 Å². The van der Waals surface area contributed by atoms with Crippen molar-refractivity contribution in [2.45, 2.75) is 51.0 Å². The molecule has 0 aromatic carbocycles. The summed E-state index contributed by atoms with van der Waals surface area (Å²) in [4.78, 5) is 22.5. The van der Waals surface area contributed by atoms with Gasteiger partial charge in [0.05, 0.1) is 11.1 Å². The number of hydrogen-bond acceptors (Lipinski definition) is 9. The van der Waals surface area contributed by atoms with E-state index in [0.717, 1.165) is 55.7 Å². The number of carbonyl (C=O) groups excluding carboxylic acids is 1. The molecule has 29 heavy (non-hydrogen) atoms. The van der Waals surface area contributed by atoms with Gasteiger partial charge in [0.1, 0.15) is 17.0 Å². The molecule has 2 aliphatic carbocycles. The normalized spacial score (nSPS) is 19.7. The van der Waals surface area contributed by atoms with Gasteiger partial charge >= 0.3 is 6.01 Å². The van der Waals surface area contributed by atoms with E-state index in [-0.39, 0.29) is 5.91 Å². The summed E-state index contributed by atoms with van der Waals surface area (Å²) >= 11 is 1.29. The van der Waals surface area contributed by atoms with E-state index >= 15 is 0 Å². The van der Waals surface area contributed by atoms with Crippen molar-refractivity contribution < 1.29 is 9.21 Å². The first-order valence-electron chi connectivity index (χ1n) is 9.72. The molecule has 0 unspecified atom stereocenters. The van der Waals surface area contributed by atoms with Crippen molar-refractivity contribution in [2.75, 3.05) is 10.6 Å². The molecule has 3 aliphatic rings. The number of carbonyl (C=O) groups is 1. The third kappa shape index (κ3) is 3.33. The van der Waals surface area contributed by atoms with Crippen LogP contribution in [-0.2, 0) is 11.2 Å². The minimum absolute atomic E-state index is 0.187. The zero-order valence-corrected chi connectivity index (χ0v) is 16.8. The van der Waals surface area contributed by atoms with E-state index in [2.05, 4.69) is 37.2 Å². The van der Waals surface area contributed by atoms with Gasteiger partial charge in [-0.25, -0.2) is 4.99 Å². The van der Waals surface area contributed by atoms with Crippen LogP contribution in [0.15, 0.2) is 32.3 Å². The first kappa shape index (κ1) is 18.0. The average molecular weight is 411 g/mol. The van der Waals surface area contributed by atoms with E-state index in [1.807, 2.05) is 13.0 Å². The molecule has 0 radical (unpaired) electrons. The van der Waals surface area contributed by atoms with Crippen molar-refractivity contribution in [1.29, 1.82) is 0 Å². The maximum absolute atomic E-state index is 13.0. The van der Waals surface area contributed by atoms with Crippen LogP contribution in [0.4, 0.5) is 11.1 Å². The Morgan fingerprint density at radius 3 is 2.97 bits per heavy atom. The Hall–Kier alpha value is -3.01. The van der Waals surface area contributed by atoms with Crippen molar-refractivity contribution in [3.63, 3.8) is 0 Å². The molecular formula is C19H21N7O2S. The summed E-state index contributed by atoms with van der Waals surface area (Å²) in [5, 5.41) is 17.4. The monoisotopic (exact) mass is 411 g/mol. The second-order valence-corrected chi connectivity index (χ2v) is 8.25. The maximum atomic E-state index is 13.0. The smallest absolute Gasteiger partial charge is 0.302 e. The second-order valence-electron chi connectivity index (χ2n) is 7.42. The number of guanidine groups is 1. The number of oxazole rings is 1. The van der Waals surface area contributed by atoms with Crippen molar-refractivity contribution in [3.05, 3.63) is 34.3 Å². The Morgan fingerprint density at radius 1 is 1.34 bits per heavy atom. The number of allylic oxidation sites excluding steroid dienone is 2. The predicted molar refractivity (Wildman–Crippen MR) is 110 cm³/mol. The van der Waals surface area contributed by atoms with Gasteiger partial charge in [0, 0.05) is 12.1 Å². The van der Waals surface area contributed by atoms with E-state index in [0.29, 0.717) is 22.7 Å². The lowest BCUT2D eigenvalue weighted by Crippen LogP contribution is -2.45. The molecule has 1 saturated carbocycles. The number of hydrogen-bond donors (Lipinski definition) is 3. The lowest BCUT2D eigenvalue weighted by atomic mass is 9.85. The number of amides is 1. The molecule has 0 saturated heterocycles. The van der Waals surface area contributed by atoms with Crippen LogP contribution in [-0.4, -0.2) is 32.6 Å². The van der Waals surface area contributed by atoms with Crippen LogP contribution < -0.4 is 16.0 Å². The third-order valence-corrected chi connectivity index (χ3v) is 6.08. The number of nitrogens with zero attached hydrogens (tertiary/aromatic N) is 4. The SMILES string of the molecule is CC1=C(C(=O)Nc2nncs2)C2(CCCC2)N=C(Nc2nc3c(o2)CCC=C3)N1. The lowest BCUT2D eigenvalue weighted by molar-refractivity contribution is -0.113. The molecule has 3 heterocycles. The summed E-state index contributed by atoms with van der Waals surface area (Å²) in [6, 6.07) is 0.413. The molecular weight excluding hydrogens is 390 g/mol. The zero-order valence-electron chi connectivity index (χ0n) is 16.0. The first-order chi connectivity index (χ1) is 14.1. The number of fused-ring (bicyclic) bond motifs is 1. The Bertz CT molecular complexity index is 1030. The summed E-state index contributed by atoms with van der Waals surface area (Å²) in [7, 11) is 0. The van der Waals surface area contributed by atoms with Gasteiger partial charge in [0.25, 0.3) is 5.91 Å². The summed E-state index contributed by atoms with van der Waals surface area (Å²) < 4.78 is 5.84. The highest BCUT2D eigenvalue weighted by molar-refractivity contribution is 7.13. The first-order valence-corrected chi connectivity index (χ1v) is 10.6. The Kier molecular flexibility index (Phi) is 4.42. The molecule has 2 aromatic heterocycles. The van der Waals surface area contributed by atoms with Crippen molar-refractivity contribution >= 4 is 40.4 Å². The summed E-state index contributed by atoms with van der Waals surface area (Å²) in [6.07, 6.45) is 9.56. The number of aromatic nitrogens is 3. The second kappa shape index (κ2) is 7.11. The summed E-state index contributed by atoms with van der Waals surface area (Å²) in [6.45, 7) is 1.90. The van der Waals surface area contributed by atoms with Gasteiger partial charge in [-0.05, 0) is 32.3 Å².